The SMILES string of the molecule is CO[C@H]1CCCC[C@@H](C)[C@@](O)(OC)C(=O)C(=O)N2CCC[C@@H]3C(C[C@@H]4CC[C@@H](O)[C@H](OC)C4)[C@H](CC(=O)[C@H](C)/C=C(\C)[C@@H](O)[C@@H](OC)C(=O)[C@H](C)C[C@H](C)/C=C/C=C/C=C/1C)OC(=O)[C@H]32. The highest BCUT2D eigenvalue weighted by atomic mass is 16.6. The van der Waals surface area contributed by atoms with Crippen LogP contribution in [-0.2, 0) is 47.7 Å². The van der Waals surface area contributed by atoms with Crippen LogP contribution in [0.3, 0.4) is 0 Å². The van der Waals surface area contributed by atoms with Crippen molar-refractivity contribution >= 4 is 29.2 Å². The fourth-order valence-corrected chi connectivity index (χ4v) is 10.7. The van der Waals surface area contributed by atoms with Crippen LogP contribution in [0.2, 0.25) is 0 Å². The molecule has 1 unspecified atom stereocenters. The highest BCUT2D eigenvalue weighted by molar-refractivity contribution is 6.39. The molecular formula is C51H79NO13. The quantitative estimate of drug-likeness (QED) is 0.121. The lowest BCUT2D eigenvalue weighted by Gasteiger charge is -2.50. The Hall–Kier alpha value is -3.37. The molecule has 4 aliphatic rings. The minimum Gasteiger partial charge on any atom is -0.460 e. The van der Waals surface area contributed by atoms with Crippen molar-refractivity contribution in [1.29, 1.82) is 0 Å². The molecule has 3 aliphatic heterocycles. The maximum atomic E-state index is 14.3. The molecule has 2 saturated heterocycles. The largest absolute Gasteiger partial charge is 0.460 e. The number of esters is 1. The lowest BCUT2D eigenvalue weighted by molar-refractivity contribution is -0.218. The fraction of sp³-hybridized carbons (Fsp3) is 0.745. The number of carbonyl (C=O) groups is 5. The van der Waals surface area contributed by atoms with Crippen molar-refractivity contribution in [3.63, 3.8) is 0 Å². The molecular weight excluding hydrogens is 835 g/mol. The predicted molar refractivity (Wildman–Crippen MR) is 245 cm³/mol. The van der Waals surface area contributed by atoms with Gasteiger partial charge in [0, 0.05) is 65.1 Å². The summed E-state index contributed by atoms with van der Waals surface area (Å²) in [6.07, 6.45) is 13.0. The van der Waals surface area contributed by atoms with Crippen LogP contribution in [0.4, 0.5) is 0 Å². The lowest BCUT2D eigenvalue weighted by Crippen LogP contribution is -2.64. The summed E-state index contributed by atoms with van der Waals surface area (Å²) in [6, 6.07) is -1.12. The average Bonchev–Trinajstić information content (AvgIpc) is 3.29. The third-order valence-corrected chi connectivity index (χ3v) is 14.8. The number of aliphatic hydroxyl groups is 3. The van der Waals surface area contributed by atoms with Gasteiger partial charge in [-0.2, -0.15) is 0 Å². The molecule has 3 N–H and O–H groups in total. The number of hydrogen-bond acceptors (Lipinski definition) is 13. The summed E-state index contributed by atoms with van der Waals surface area (Å²) in [5.74, 6) is -8.49. The zero-order chi connectivity index (χ0) is 48.2. The minimum absolute atomic E-state index is 0.0475. The first-order valence-electron chi connectivity index (χ1n) is 23.9. The minimum atomic E-state index is -2.44. The van der Waals surface area contributed by atoms with Crippen LogP contribution in [0.15, 0.2) is 47.6 Å². The van der Waals surface area contributed by atoms with Gasteiger partial charge in [-0.25, -0.2) is 4.79 Å². The van der Waals surface area contributed by atoms with Crippen molar-refractivity contribution in [2.45, 2.75) is 167 Å². The Morgan fingerprint density at radius 2 is 1.52 bits per heavy atom. The van der Waals surface area contributed by atoms with Crippen molar-refractivity contribution in [1.82, 2.24) is 4.90 Å². The van der Waals surface area contributed by atoms with Gasteiger partial charge >= 0.3 is 5.97 Å². The van der Waals surface area contributed by atoms with E-state index in [0.717, 1.165) is 5.57 Å². The molecule has 3 heterocycles. The van der Waals surface area contributed by atoms with Gasteiger partial charge in [0.1, 0.15) is 30.1 Å². The van der Waals surface area contributed by atoms with E-state index in [4.69, 9.17) is 23.7 Å². The zero-order valence-corrected chi connectivity index (χ0v) is 40.6. The van der Waals surface area contributed by atoms with Crippen LogP contribution in [-0.4, -0.2) is 133 Å². The maximum absolute atomic E-state index is 14.3. The van der Waals surface area contributed by atoms with Crippen LogP contribution in [0.5, 0.6) is 0 Å². The monoisotopic (exact) mass is 914 g/mol. The highest BCUT2D eigenvalue weighted by Crippen LogP contribution is 2.45. The number of rotatable bonds is 6. The van der Waals surface area contributed by atoms with E-state index in [0.29, 0.717) is 76.2 Å². The first-order valence-corrected chi connectivity index (χ1v) is 23.9. The van der Waals surface area contributed by atoms with Crippen molar-refractivity contribution in [2.75, 3.05) is 35.0 Å². The number of fused-ring (bicyclic) bond motifs is 2. The molecule has 0 radical (unpaired) electrons. The number of Topliss-reactive ketones (excluding diaryl/α,β-unsaturated/α-hetero) is 3. The fourth-order valence-electron chi connectivity index (χ4n) is 10.7. The first kappa shape index (κ1) is 54.2. The van der Waals surface area contributed by atoms with Gasteiger partial charge in [-0.3, -0.25) is 19.2 Å². The second-order valence-corrected chi connectivity index (χ2v) is 19.5. The van der Waals surface area contributed by atoms with E-state index in [2.05, 4.69) is 0 Å². The van der Waals surface area contributed by atoms with Crippen LogP contribution in [0.1, 0.15) is 119 Å². The van der Waals surface area contributed by atoms with Gasteiger partial charge in [0.25, 0.3) is 11.7 Å². The van der Waals surface area contributed by atoms with E-state index in [9.17, 15) is 39.3 Å². The number of methoxy groups -OCH3 is 4. The van der Waals surface area contributed by atoms with Gasteiger partial charge in [0.05, 0.1) is 18.3 Å². The van der Waals surface area contributed by atoms with Gasteiger partial charge in [0.15, 0.2) is 5.78 Å². The van der Waals surface area contributed by atoms with E-state index < -0.39 is 83.5 Å². The molecule has 1 aliphatic carbocycles. The third kappa shape index (κ3) is 13.6. The van der Waals surface area contributed by atoms with E-state index in [1.54, 1.807) is 41.1 Å². The van der Waals surface area contributed by atoms with Crippen LogP contribution >= 0.6 is 0 Å². The number of amides is 1. The second-order valence-electron chi connectivity index (χ2n) is 19.5. The van der Waals surface area contributed by atoms with Crippen molar-refractivity contribution in [3.8, 4) is 0 Å². The Bertz CT molecular complexity index is 1760. The summed E-state index contributed by atoms with van der Waals surface area (Å²) in [7, 11) is 5.79. The molecule has 0 aromatic rings. The number of ether oxygens (including phenoxy) is 5. The molecule has 65 heavy (non-hydrogen) atoms. The molecule has 1 saturated carbocycles. The number of ketones is 3. The van der Waals surface area contributed by atoms with Crippen LogP contribution in [0.25, 0.3) is 0 Å². The second kappa shape index (κ2) is 25.1. The smallest absolute Gasteiger partial charge is 0.329 e. The molecule has 2 bridgehead atoms. The number of hydrogen-bond donors (Lipinski definition) is 3. The Labute approximate surface area is 387 Å². The molecule has 3 fully saturated rings. The van der Waals surface area contributed by atoms with Crippen LogP contribution in [0, 0.1) is 41.4 Å². The first-order chi connectivity index (χ1) is 30.8. The Morgan fingerprint density at radius 3 is 2.18 bits per heavy atom. The molecule has 366 valence electrons. The van der Waals surface area contributed by atoms with Crippen molar-refractivity contribution in [3.05, 3.63) is 47.6 Å². The van der Waals surface area contributed by atoms with E-state index in [1.165, 1.54) is 19.1 Å². The molecule has 0 aromatic carbocycles. The van der Waals surface area contributed by atoms with Gasteiger partial charge in [-0.1, -0.05) is 77.0 Å². The van der Waals surface area contributed by atoms with E-state index in [1.807, 2.05) is 51.2 Å². The van der Waals surface area contributed by atoms with E-state index in [-0.39, 0.29) is 48.6 Å². The van der Waals surface area contributed by atoms with E-state index >= 15 is 0 Å². The number of allylic oxidation sites excluding steroid dienone is 6. The lowest BCUT2D eigenvalue weighted by atomic mass is 9.68. The standard InChI is InChI=1S/C51H79NO13/c1-30-17-12-11-13-18-31(2)41(61-7)21-15-14-19-35(6)51(60,64-10)48(57)49(58)52-24-16-20-37-38(27-36-22-23-39(53)43(28-36)62-8)42(65-50(59)44(37)52)29-40(54)32(3)26-34(5)46(56)47(63-9)45(55)33(4)25-30/h11-13,17-18,26,30,32-33,35-39,41-44,46-47,53,56,60H,14-16,19-25,27-29H2,1-10H3/b13-11+,17-12+,31-18+,34-26+/t30-,32-,33-,35-,36+,37-,38?,39-,41+,42+,43-,44+,46-,47+,51-/m1/s1. The summed E-state index contributed by atoms with van der Waals surface area (Å²) in [4.78, 5) is 71.6. The van der Waals surface area contributed by atoms with Gasteiger partial charge in [-0.15, -0.1) is 0 Å². The van der Waals surface area contributed by atoms with Gasteiger partial charge in [0.2, 0.25) is 5.79 Å². The average molecular weight is 914 g/mol. The maximum Gasteiger partial charge on any atom is 0.329 e. The molecule has 0 aromatic heterocycles. The number of aliphatic hydroxyl groups excluding tert-OH is 2. The number of nitrogens with zero attached hydrogens (tertiary/aromatic N) is 1. The Kier molecular flexibility index (Phi) is 21.0. The number of carbonyl (C=O) groups excluding carboxylic acids is 5. The van der Waals surface area contributed by atoms with Crippen LogP contribution < -0.4 is 0 Å². The number of piperidine rings is 1. The molecule has 15 atom stereocenters. The summed E-state index contributed by atoms with van der Waals surface area (Å²) < 4.78 is 28.6. The molecule has 0 spiro atoms. The third-order valence-electron chi connectivity index (χ3n) is 14.8. The Morgan fingerprint density at radius 1 is 0.815 bits per heavy atom. The Balaban J connectivity index is 1.70. The summed E-state index contributed by atoms with van der Waals surface area (Å²) in [6.45, 7) is 11.0. The van der Waals surface area contributed by atoms with Crippen molar-refractivity contribution < 1.29 is 63.0 Å². The summed E-state index contributed by atoms with van der Waals surface area (Å²) >= 11 is 0. The predicted octanol–water partition coefficient (Wildman–Crippen LogP) is 6.04. The molecule has 14 heteroatoms. The molecule has 4 rings (SSSR count). The molecule has 1 amide bonds. The highest BCUT2D eigenvalue weighted by Gasteiger charge is 2.55. The normalized spacial score (nSPS) is 41.1. The van der Waals surface area contributed by atoms with Gasteiger partial charge in [-0.05, 0) is 101 Å². The topological polar surface area (TPSA) is 195 Å². The molecule has 14 nitrogen and oxygen atoms in total. The zero-order valence-electron chi connectivity index (χ0n) is 40.6. The van der Waals surface area contributed by atoms with Gasteiger partial charge < -0.3 is 43.9 Å². The summed E-state index contributed by atoms with van der Waals surface area (Å²) in [5, 5.41) is 33.8. The van der Waals surface area contributed by atoms with Crippen molar-refractivity contribution in [2.24, 2.45) is 41.4 Å². The summed E-state index contributed by atoms with van der Waals surface area (Å²) in [5.41, 5.74) is 1.41.